The number of ether oxygens (including phenoxy) is 1. The molecule has 0 saturated heterocycles. The van der Waals surface area contributed by atoms with E-state index in [9.17, 15) is 13.2 Å². The van der Waals surface area contributed by atoms with Crippen molar-refractivity contribution in [1.29, 1.82) is 0 Å². The Morgan fingerprint density at radius 1 is 1.25 bits per heavy atom. The van der Waals surface area contributed by atoms with E-state index in [-0.39, 0.29) is 6.17 Å². The minimum Gasteiger partial charge on any atom is -0.388 e. The highest BCUT2D eigenvalue weighted by Gasteiger charge is 2.32. The Bertz CT molecular complexity index is 835. The summed E-state index contributed by atoms with van der Waals surface area (Å²) in [4.78, 5) is 9.61. The van der Waals surface area contributed by atoms with E-state index in [1.165, 1.54) is 12.1 Å². The summed E-state index contributed by atoms with van der Waals surface area (Å²) in [6.45, 7) is 2.27. The van der Waals surface area contributed by atoms with Crippen LogP contribution in [0.15, 0.2) is 60.6 Å². The largest absolute Gasteiger partial charge is 0.574 e. The van der Waals surface area contributed by atoms with E-state index in [1.54, 1.807) is 12.3 Å². The fraction of sp³-hybridized carbons (Fsp3) is 0.176. The van der Waals surface area contributed by atoms with Gasteiger partial charge in [0.2, 0.25) is 5.88 Å². The maximum atomic E-state index is 12.4. The van der Waals surface area contributed by atoms with Crippen LogP contribution < -0.4 is 9.64 Å². The van der Waals surface area contributed by atoms with Gasteiger partial charge in [0.25, 0.3) is 0 Å². The van der Waals surface area contributed by atoms with Crippen LogP contribution in [0.4, 0.5) is 19.0 Å². The lowest BCUT2D eigenvalue weighted by Gasteiger charge is -2.26. The highest BCUT2D eigenvalue weighted by Crippen LogP contribution is 2.29. The Morgan fingerprint density at radius 3 is 2.79 bits per heavy atom. The topological polar surface area (TPSA) is 38.2 Å². The van der Waals surface area contributed by atoms with Crippen LogP contribution in [0.5, 0.6) is 5.88 Å². The summed E-state index contributed by atoms with van der Waals surface area (Å²) in [6, 6.07) is 8.10. The van der Waals surface area contributed by atoms with Crippen LogP contribution in [0.1, 0.15) is 13.9 Å². The van der Waals surface area contributed by atoms with E-state index in [0.29, 0.717) is 12.1 Å². The number of alkyl halides is 3. The van der Waals surface area contributed by atoms with Crippen molar-refractivity contribution in [2.45, 2.75) is 13.3 Å². The lowest BCUT2D eigenvalue weighted by molar-refractivity contribution is -0.276. The summed E-state index contributed by atoms with van der Waals surface area (Å²) in [7, 11) is 0. The molecule has 3 heterocycles. The minimum absolute atomic E-state index is 0.295. The molecule has 2 aromatic rings. The van der Waals surface area contributed by atoms with E-state index in [2.05, 4.69) is 14.7 Å². The molecule has 0 spiro atoms. The summed E-state index contributed by atoms with van der Waals surface area (Å²) < 4.78 is 48.9. The monoisotopic (exact) mass is 334 g/mol. The number of pyridine rings is 2. The number of hydrogen-bond acceptors (Lipinski definition) is 4. The second-order valence-corrected chi connectivity index (χ2v) is 5.16. The fourth-order valence-corrected chi connectivity index (χ4v) is 2.37. The molecule has 0 bridgehead atoms. The predicted molar refractivity (Wildman–Crippen MR) is 84.2 cm³/mol. The average molecular weight is 334 g/mol. The maximum absolute atomic E-state index is 12.4. The Balaban J connectivity index is 1.93. The van der Waals surface area contributed by atoms with Gasteiger partial charge in [0.1, 0.15) is 5.82 Å². The Morgan fingerprint density at radius 2 is 2.08 bits per heavy atom. The van der Waals surface area contributed by atoms with Gasteiger partial charge in [-0.2, -0.15) is 0 Å². The van der Waals surface area contributed by atoms with E-state index in [1.807, 2.05) is 36.2 Å². The molecule has 0 fully saturated rings. The Hall–Kier alpha value is -2.83. The summed E-state index contributed by atoms with van der Waals surface area (Å²) in [5.41, 5.74) is 2.12. The minimum atomic E-state index is -4.85. The summed E-state index contributed by atoms with van der Waals surface area (Å²) in [5.74, 6) is 0.0740. The molecule has 0 unspecified atom stereocenters. The van der Waals surface area contributed by atoms with Crippen molar-refractivity contribution in [1.82, 2.24) is 9.97 Å². The van der Waals surface area contributed by atoms with Gasteiger partial charge in [0.05, 0.1) is 1.37 Å². The van der Waals surface area contributed by atoms with Crippen molar-refractivity contribution >= 4 is 11.4 Å². The summed E-state index contributed by atoms with van der Waals surface area (Å²) in [6.07, 6.45) is 0.223. The van der Waals surface area contributed by atoms with E-state index in [0.717, 1.165) is 17.0 Å². The molecule has 0 amide bonds. The Kier molecular flexibility index (Phi) is 3.90. The predicted octanol–water partition coefficient (Wildman–Crippen LogP) is 4.18. The second kappa shape index (κ2) is 6.35. The van der Waals surface area contributed by atoms with Crippen molar-refractivity contribution in [3.8, 4) is 5.88 Å². The average Bonchev–Trinajstić information content (AvgIpc) is 2.54. The normalized spacial score (nSPS) is 15.5. The number of nitrogens with zero attached hydrogens (tertiary/aromatic N) is 3. The van der Waals surface area contributed by atoms with Crippen molar-refractivity contribution in [3.05, 3.63) is 66.1 Å². The maximum Gasteiger partial charge on any atom is 0.574 e. The molecule has 4 nitrogen and oxygen atoms in total. The van der Waals surface area contributed by atoms with Crippen LogP contribution in [-0.4, -0.2) is 22.9 Å². The number of rotatable bonds is 3. The smallest absolute Gasteiger partial charge is 0.388 e. The molecule has 3 rings (SSSR count). The molecule has 0 radical (unpaired) electrons. The van der Waals surface area contributed by atoms with Gasteiger partial charge in [-0.05, 0) is 47.9 Å². The number of aromatic nitrogens is 2. The van der Waals surface area contributed by atoms with Gasteiger partial charge < -0.3 is 9.64 Å². The van der Waals surface area contributed by atoms with Crippen molar-refractivity contribution in [3.63, 3.8) is 0 Å². The molecule has 7 heteroatoms. The van der Waals surface area contributed by atoms with E-state index in [4.69, 9.17) is 1.37 Å². The van der Waals surface area contributed by atoms with Gasteiger partial charge in [0, 0.05) is 31.2 Å². The van der Waals surface area contributed by atoms with Gasteiger partial charge >= 0.3 is 6.36 Å². The van der Waals surface area contributed by atoms with Crippen LogP contribution in [0.2, 0.25) is 0 Å². The zero-order valence-corrected chi connectivity index (χ0v) is 12.7. The lowest BCUT2D eigenvalue weighted by atomic mass is 9.99. The molecule has 24 heavy (non-hydrogen) atoms. The van der Waals surface area contributed by atoms with Crippen LogP contribution in [0.3, 0.4) is 0 Å². The molecular weight excluding hydrogens is 319 g/mol. The van der Waals surface area contributed by atoms with Gasteiger partial charge in [-0.1, -0.05) is 6.07 Å². The van der Waals surface area contributed by atoms with Crippen LogP contribution >= 0.6 is 0 Å². The number of halogens is 3. The van der Waals surface area contributed by atoms with Crippen LogP contribution in [0, 0.1) is 0 Å². The van der Waals surface area contributed by atoms with Gasteiger partial charge in [-0.3, -0.25) is 0 Å². The molecule has 1 aliphatic rings. The second-order valence-electron chi connectivity index (χ2n) is 5.16. The molecule has 0 aromatic carbocycles. The first-order valence-electron chi connectivity index (χ1n) is 7.62. The molecule has 1 aliphatic heterocycles. The SMILES string of the molecule is [2H]c1cc(C2=C(C)C=CN(c3ccccn3)C2)cc(OC(F)(F)F)n1. The van der Waals surface area contributed by atoms with Gasteiger partial charge in [-0.25, -0.2) is 9.97 Å². The number of allylic oxidation sites excluding steroid dienone is 2. The molecule has 0 aliphatic carbocycles. The standard InChI is InChI=1S/C17H14F3N3O/c1-12-6-9-23(15-4-2-3-7-21-15)11-14(12)13-5-8-22-16(10-13)24-17(18,19)20/h2-10H,11H2,1H3/i8D. The highest BCUT2D eigenvalue weighted by molar-refractivity contribution is 5.76. The first-order chi connectivity index (χ1) is 11.8. The van der Waals surface area contributed by atoms with Gasteiger partial charge in [-0.15, -0.1) is 13.2 Å². The van der Waals surface area contributed by atoms with Crippen molar-refractivity contribution < 1.29 is 19.3 Å². The Labute approximate surface area is 138 Å². The van der Waals surface area contributed by atoms with Gasteiger partial charge in [0.15, 0.2) is 0 Å². The van der Waals surface area contributed by atoms with Crippen molar-refractivity contribution in [2.75, 3.05) is 11.4 Å². The molecule has 2 aromatic heterocycles. The lowest BCUT2D eigenvalue weighted by Crippen LogP contribution is -2.23. The first kappa shape index (κ1) is 14.7. The molecule has 0 N–H and O–H groups in total. The third-order valence-electron chi connectivity index (χ3n) is 3.50. The van der Waals surface area contributed by atoms with E-state index < -0.39 is 12.2 Å². The van der Waals surface area contributed by atoms with Crippen LogP contribution in [-0.2, 0) is 0 Å². The zero-order chi connectivity index (χ0) is 18.0. The fourth-order valence-electron chi connectivity index (χ4n) is 2.37. The third kappa shape index (κ3) is 3.73. The molecule has 0 saturated carbocycles. The zero-order valence-electron chi connectivity index (χ0n) is 13.7. The number of hydrogen-bond donors (Lipinski definition) is 0. The highest BCUT2D eigenvalue weighted by atomic mass is 19.4. The number of anilines is 1. The summed E-state index contributed by atoms with van der Waals surface area (Å²) in [5, 5.41) is 0. The molecule has 0 atom stereocenters. The molecular formula is C17H14F3N3O. The van der Waals surface area contributed by atoms with E-state index >= 15 is 0 Å². The quantitative estimate of drug-likeness (QED) is 0.844. The third-order valence-corrected chi connectivity index (χ3v) is 3.50. The van der Waals surface area contributed by atoms with Crippen molar-refractivity contribution in [2.24, 2.45) is 0 Å². The first-order valence-corrected chi connectivity index (χ1v) is 7.12. The summed E-state index contributed by atoms with van der Waals surface area (Å²) >= 11 is 0. The molecule has 124 valence electrons. The van der Waals surface area contributed by atoms with Crippen LogP contribution in [0.25, 0.3) is 5.57 Å².